The monoisotopic (exact) mass is 472 g/mol. The van der Waals surface area contributed by atoms with Crippen LogP contribution in [0.1, 0.15) is 30.9 Å². The summed E-state index contributed by atoms with van der Waals surface area (Å²) in [6.45, 7) is 5.97. The van der Waals surface area contributed by atoms with Gasteiger partial charge in [-0.2, -0.15) is 0 Å². The van der Waals surface area contributed by atoms with Gasteiger partial charge in [-0.25, -0.2) is 4.90 Å². The minimum Gasteiger partial charge on any atom is -0.426 e. The third-order valence-corrected chi connectivity index (χ3v) is 7.27. The number of hydrogen-bond acceptors (Lipinski definition) is 5. The number of fused-ring (bicyclic) bond motifs is 1. The lowest BCUT2D eigenvalue weighted by Gasteiger charge is -2.22. The summed E-state index contributed by atoms with van der Waals surface area (Å²) in [7, 11) is 0. The molecular formula is C28H28N2O5. The highest BCUT2D eigenvalue weighted by Crippen LogP contribution is 2.41. The number of carbonyl (C=O) groups is 4. The van der Waals surface area contributed by atoms with Gasteiger partial charge < -0.3 is 9.64 Å². The summed E-state index contributed by atoms with van der Waals surface area (Å²) in [5.74, 6) is -1.82. The zero-order valence-electron chi connectivity index (χ0n) is 20.1. The van der Waals surface area contributed by atoms with E-state index < -0.39 is 11.9 Å². The van der Waals surface area contributed by atoms with Crippen molar-refractivity contribution >= 4 is 35.1 Å². The summed E-state index contributed by atoms with van der Waals surface area (Å²) in [5, 5.41) is 0. The molecule has 5 rings (SSSR count). The minimum absolute atomic E-state index is 0.0178. The second-order valence-corrected chi connectivity index (χ2v) is 9.78. The molecule has 3 aliphatic rings. The van der Waals surface area contributed by atoms with Crippen molar-refractivity contribution < 1.29 is 23.9 Å². The summed E-state index contributed by atoms with van der Waals surface area (Å²) in [5.41, 5.74) is 3.00. The maximum absolute atomic E-state index is 13.1. The molecule has 2 aromatic carbocycles. The van der Waals surface area contributed by atoms with Crippen molar-refractivity contribution in [1.29, 1.82) is 0 Å². The van der Waals surface area contributed by atoms with Gasteiger partial charge in [0.15, 0.2) is 0 Å². The summed E-state index contributed by atoms with van der Waals surface area (Å²) in [4.78, 5) is 54.4. The van der Waals surface area contributed by atoms with Gasteiger partial charge in [0.05, 0.1) is 23.4 Å². The van der Waals surface area contributed by atoms with Crippen LogP contribution in [0.2, 0.25) is 0 Å². The quantitative estimate of drug-likeness (QED) is 0.291. The number of esters is 1. The molecule has 0 unspecified atom stereocenters. The van der Waals surface area contributed by atoms with Crippen molar-refractivity contribution in [1.82, 2.24) is 0 Å². The number of hydrogen-bond donors (Lipinski definition) is 0. The normalized spacial score (nSPS) is 25.9. The first-order valence-electron chi connectivity index (χ1n) is 12.0. The average Bonchev–Trinajstić information content (AvgIpc) is 3.33. The zero-order chi connectivity index (χ0) is 24.9. The number of anilines is 2. The van der Waals surface area contributed by atoms with Crippen LogP contribution in [0.25, 0.3) is 0 Å². The van der Waals surface area contributed by atoms with E-state index in [2.05, 4.69) is 0 Å². The van der Waals surface area contributed by atoms with E-state index in [9.17, 15) is 19.2 Å². The SMILES string of the molecule is Cc1cccc(N2C[C@H](C(=O)Oc3ccc(N4C(=O)[C@H]5[C@H](C)C=CC[C@H]5C4=O)c(C)c3)CC2=O)c1. The molecule has 0 saturated carbocycles. The zero-order valence-corrected chi connectivity index (χ0v) is 20.1. The standard InChI is InChI=1S/C28H28N2O5/c1-16-6-4-8-20(12-16)29-15-19(14-24(29)31)28(34)35-21-10-11-23(18(3)13-21)30-26(32)22-9-5-7-17(2)25(22)27(30)33/h4-8,10-13,17,19,22,25H,9,14-15H2,1-3H3/t17-,19-,22-,25+/m1/s1. The molecule has 180 valence electrons. The number of ether oxygens (including phenoxy) is 1. The molecule has 4 atom stereocenters. The molecule has 2 heterocycles. The van der Waals surface area contributed by atoms with Crippen LogP contribution < -0.4 is 14.5 Å². The Labute approximate surface area is 204 Å². The van der Waals surface area contributed by atoms with Gasteiger partial charge in [-0.05, 0) is 67.6 Å². The predicted octanol–water partition coefficient (Wildman–Crippen LogP) is 3.96. The van der Waals surface area contributed by atoms with Gasteiger partial charge in [0.1, 0.15) is 5.75 Å². The third-order valence-electron chi connectivity index (χ3n) is 7.27. The Bertz CT molecular complexity index is 1270. The Morgan fingerprint density at radius 1 is 1.03 bits per heavy atom. The smallest absolute Gasteiger partial charge is 0.316 e. The van der Waals surface area contributed by atoms with Crippen molar-refractivity contribution in [3.63, 3.8) is 0 Å². The minimum atomic E-state index is -0.568. The molecule has 0 radical (unpaired) electrons. The number of imide groups is 1. The molecular weight excluding hydrogens is 444 g/mol. The first kappa shape index (κ1) is 23.0. The lowest BCUT2D eigenvalue weighted by atomic mass is 9.78. The molecule has 7 heteroatoms. The number of benzene rings is 2. The van der Waals surface area contributed by atoms with Crippen molar-refractivity contribution in [3.8, 4) is 5.75 Å². The lowest BCUT2D eigenvalue weighted by Crippen LogP contribution is -2.32. The van der Waals surface area contributed by atoms with E-state index in [0.717, 1.165) is 11.3 Å². The van der Waals surface area contributed by atoms with Crippen molar-refractivity contribution in [2.75, 3.05) is 16.3 Å². The largest absolute Gasteiger partial charge is 0.426 e. The maximum atomic E-state index is 13.1. The second-order valence-electron chi connectivity index (χ2n) is 9.78. The molecule has 0 bridgehead atoms. The molecule has 0 aromatic heterocycles. The average molecular weight is 473 g/mol. The van der Waals surface area contributed by atoms with E-state index >= 15 is 0 Å². The van der Waals surface area contributed by atoms with Gasteiger partial charge in [-0.3, -0.25) is 19.2 Å². The molecule has 3 amide bonds. The highest BCUT2D eigenvalue weighted by molar-refractivity contribution is 6.22. The molecule has 2 saturated heterocycles. The van der Waals surface area contributed by atoms with Gasteiger partial charge in [-0.15, -0.1) is 0 Å². The molecule has 2 aliphatic heterocycles. The Hall–Kier alpha value is -3.74. The lowest BCUT2D eigenvalue weighted by molar-refractivity contribution is -0.139. The van der Waals surface area contributed by atoms with Gasteiger partial charge in [0.2, 0.25) is 17.7 Å². The summed E-state index contributed by atoms with van der Waals surface area (Å²) in [6.07, 6.45) is 4.64. The van der Waals surface area contributed by atoms with Gasteiger partial charge in [-0.1, -0.05) is 31.2 Å². The van der Waals surface area contributed by atoms with Crippen LogP contribution in [0.3, 0.4) is 0 Å². The Morgan fingerprint density at radius 2 is 1.83 bits per heavy atom. The van der Waals surface area contributed by atoms with Crippen LogP contribution in [0.5, 0.6) is 5.75 Å². The summed E-state index contributed by atoms with van der Waals surface area (Å²) in [6, 6.07) is 12.5. The number of rotatable bonds is 4. The van der Waals surface area contributed by atoms with Crippen LogP contribution in [-0.4, -0.2) is 30.2 Å². The van der Waals surface area contributed by atoms with E-state index in [1.165, 1.54) is 4.90 Å². The van der Waals surface area contributed by atoms with Crippen LogP contribution in [0, 0.1) is 37.5 Å². The first-order chi connectivity index (χ1) is 16.7. The molecule has 1 aliphatic carbocycles. The van der Waals surface area contributed by atoms with E-state index in [0.29, 0.717) is 23.4 Å². The molecule has 2 aromatic rings. The topological polar surface area (TPSA) is 84.0 Å². The van der Waals surface area contributed by atoms with Crippen molar-refractivity contribution in [2.45, 2.75) is 33.6 Å². The molecule has 35 heavy (non-hydrogen) atoms. The van der Waals surface area contributed by atoms with Gasteiger partial charge in [0.25, 0.3) is 0 Å². The van der Waals surface area contributed by atoms with Gasteiger partial charge in [0, 0.05) is 18.7 Å². The molecule has 0 spiro atoms. The second kappa shape index (κ2) is 8.80. The van der Waals surface area contributed by atoms with E-state index in [1.54, 1.807) is 30.0 Å². The third kappa shape index (κ3) is 4.05. The first-order valence-corrected chi connectivity index (χ1v) is 12.0. The maximum Gasteiger partial charge on any atom is 0.316 e. The summed E-state index contributed by atoms with van der Waals surface area (Å²) >= 11 is 0. The Kier molecular flexibility index (Phi) is 5.79. The number of nitrogens with zero attached hydrogens (tertiary/aromatic N) is 2. The fraction of sp³-hybridized carbons (Fsp3) is 0.357. The van der Waals surface area contributed by atoms with E-state index in [-0.39, 0.29) is 48.4 Å². The number of amides is 3. The van der Waals surface area contributed by atoms with Crippen molar-refractivity contribution in [2.24, 2.45) is 23.7 Å². The van der Waals surface area contributed by atoms with Crippen LogP contribution in [0.15, 0.2) is 54.6 Å². The number of aryl methyl sites for hydroxylation is 2. The molecule has 0 N–H and O–H groups in total. The number of carbonyl (C=O) groups excluding carboxylic acids is 4. The van der Waals surface area contributed by atoms with Crippen LogP contribution in [-0.2, 0) is 19.2 Å². The highest BCUT2D eigenvalue weighted by Gasteiger charge is 2.50. The van der Waals surface area contributed by atoms with Gasteiger partial charge >= 0.3 is 5.97 Å². The fourth-order valence-corrected chi connectivity index (χ4v) is 5.44. The number of allylic oxidation sites excluding steroid dienone is 2. The summed E-state index contributed by atoms with van der Waals surface area (Å²) < 4.78 is 5.60. The van der Waals surface area contributed by atoms with E-state index in [1.807, 2.05) is 50.3 Å². The van der Waals surface area contributed by atoms with Crippen LogP contribution >= 0.6 is 0 Å². The fourth-order valence-electron chi connectivity index (χ4n) is 5.44. The van der Waals surface area contributed by atoms with Crippen LogP contribution in [0.4, 0.5) is 11.4 Å². The van der Waals surface area contributed by atoms with E-state index in [4.69, 9.17) is 4.74 Å². The highest BCUT2D eigenvalue weighted by atomic mass is 16.5. The predicted molar refractivity (Wildman–Crippen MR) is 131 cm³/mol. The molecule has 2 fully saturated rings. The van der Waals surface area contributed by atoms with Crippen molar-refractivity contribution in [3.05, 3.63) is 65.7 Å². The Morgan fingerprint density at radius 3 is 2.54 bits per heavy atom. The molecule has 7 nitrogen and oxygen atoms in total. The Balaban J connectivity index is 1.29.